The summed E-state index contributed by atoms with van der Waals surface area (Å²) in [6.07, 6.45) is 3.31. The highest BCUT2D eigenvalue weighted by atomic mass is 19.1. The summed E-state index contributed by atoms with van der Waals surface area (Å²) in [5.41, 5.74) is 4.08. The lowest BCUT2D eigenvalue weighted by atomic mass is 9.97. The number of nitrogens with one attached hydrogen (secondary N) is 2. The fourth-order valence-corrected chi connectivity index (χ4v) is 5.52. The molecular weight excluding hydrogens is 443 g/mol. The van der Waals surface area contributed by atoms with Gasteiger partial charge in [0, 0.05) is 31.2 Å². The van der Waals surface area contributed by atoms with Crippen molar-refractivity contribution in [3.63, 3.8) is 0 Å². The molecule has 4 atom stereocenters. The van der Waals surface area contributed by atoms with Crippen LogP contribution >= 0.6 is 0 Å². The van der Waals surface area contributed by atoms with Crippen LogP contribution in [0.4, 0.5) is 4.39 Å². The van der Waals surface area contributed by atoms with E-state index in [1.807, 2.05) is 30.3 Å². The van der Waals surface area contributed by atoms with Gasteiger partial charge in [-0.15, -0.1) is 0 Å². The summed E-state index contributed by atoms with van der Waals surface area (Å²) in [5, 5.41) is 15.7. The van der Waals surface area contributed by atoms with Crippen molar-refractivity contribution in [2.45, 2.75) is 43.8 Å². The first-order chi connectivity index (χ1) is 17.0. The molecule has 2 bridgehead atoms. The number of fused-ring (bicyclic) bond motifs is 2. The number of nitriles is 1. The van der Waals surface area contributed by atoms with Crippen LogP contribution in [0.15, 0.2) is 49.0 Å². The summed E-state index contributed by atoms with van der Waals surface area (Å²) in [6, 6.07) is 14.5. The number of carbonyl (C=O) groups is 1. The minimum Gasteiger partial charge on any atom is -0.378 e. The van der Waals surface area contributed by atoms with Crippen molar-refractivity contribution in [2.75, 3.05) is 26.3 Å². The minimum atomic E-state index is -0.769. The van der Waals surface area contributed by atoms with Crippen molar-refractivity contribution in [3.8, 4) is 17.2 Å². The molecule has 2 saturated heterocycles. The summed E-state index contributed by atoms with van der Waals surface area (Å²) in [7, 11) is 0. The maximum Gasteiger partial charge on any atom is 0.238 e. The molecule has 6 nitrogen and oxygen atoms in total. The third-order valence-corrected chi connectivity index (χ3v) is 7.54. The van der Waals surface area contributed by atoms with Crippen LogP contribution in [0.3, 0.4) is 0 Å². The maximum absolute atomic E-state index is 15.0. The highest BCUT2D eigenvalue weighted by molar-refractivity contribution is 5.83. The van der Waals surface area contributed by atoms with Crippen LogP contribution in [0, 0.1) is 23.1 Å². The second-order valence-electron chi connectivity index (χ2n) is 9.74. The number of benzene rings is 2. The molecule has 3 fully saturated rings. The molecule has 0 radical (unpaired) electrons. The molecule has 2 aromatic rings. The van der Waals surface area contributed by atoms with Crippen molar-refractivity contribution in [3.05, 3.63) is 66.0 Å². The Morgan fingerprint density at radius 3 is 2.57 bits per heavy atom. The van der Waals surface area contributed by atoms with Crippen LogP contribution in [-0.4, -0.2) is 55.2 Å². The lowest BCUT2D eigenvalue weighted by molar-refractivity contribution is -0.124. The average Bonchev–Trinajstić information content (AvgIpc) is 3.54. The van der Waals surface area contributed by atoms with E-state index >= 15 is 0 Å². The van der Waals surface area contributed by atoms with Crippen LogP contribution in [0.25, 0.3) is 16.8 Å². The van der Waals surface area contributed by atoms with Gasteiger partial charge in [-0.1, -0.05) is 43.0 Å². The molecule has 7 heteroatoms. The van der Waals surface area contributed by atoms with Crippen LogP contribution in [0.2, 0.25) is 0 Å². The molecule has 3 unspecified atom stereocenters. The van der Waals surface area contributed by atoms with Crippen molar-refractivity contribution >= 4 is 11.6 Å². The molecule has 3 aliphatic rings. The van der Waals surface area contributed by atoms with Crippen LogP contribution in [0.1, 0.15) is 30.4 Å². The third kappa shape index (κ3) is 5.09. The number of piperidine rings is 1. The molecule has 2 aliphatic heterocycles. The highest BCUT2D eigenvalue weighted by Gasteiger charge is 2.43. The van der Waals surface area contributed by atoms with E-state index in [1.165, 1.54) is 6.07 Å². The van der Waals surface area contributed by atoms with Crippen molar-refractivity contribution in [2.24, 2.45) is 5.92 Å². The Hall–Kier alpha value is -3.21. The van der Waals surface area contributed by atoms with Gasteiger partial charge in [0.2, 0.25) is 5.91 Å². The van der Waals surface area contributed by atoms with Crippen LogP contribution < -0.4 is 10.6 Å². The molecule has 0 aromatic heterocycles. The second-order valence-corrected chi connectivity index (χ2v) is 9.74. The van der Waals surface area contributed by atoms with E-state index in [0.717, 1.165) is 54.7 Å². The van der Waals surface area contributed by atoms with Gasteiger partial charge in [0.1, 0.15) is 11.9 Å². The van der Waals surface area contributed by atoms with Crippen LogP contribution in [-0.2, 0) is 16.0 Å². The molecule has 182 valence electrons. The summed E-state index contributed by atoms with van der Waals surface area (Å²) in [6.45, 7) is 7.29. The number of rotatable bonds is 7. The molecule has 35 heavy (non-hydrogen) atoms. The van der Waals surface area contributed by atoms with E-state index < -0.39 is 6.04 Å². The summed E-state index contributed by atoms with van der Waals surface area (Å²) >= 11 is 0. The second kappa shape index (κ2) is 10.2. The molecule has 2 N–H and O–H groups in total. The standard InChI is InChI=1S/C28H31FN4O2/c1-18(33-10-12-35-13-11-33)19-2-4-20(5-3-19)21-6-7-22(26(29)16-21)14-25(17-30)32-28(34)27-23-8-9-24(15-23)31-27/h2-7,16,23-25,27,31H,1,8-15H2,(H,32,34)/t23?,24?,25-,27?/m0/s1. The van der Waals surface area contributed by atoms with Gasteiger partial charge in [-0.05, 0) is 53.5 Å². The molecule has 1 saturated carbocycles. The molecule has 5 rings (SSSR count). The number of nitrogens with zero attached hydrogens (tertiary/aromatic N) is 2. The fraction of sp³-hybridized carbons (Fsp3) is 0.429. The van der Waals surface area contributed by atoms with E-state index in [-0.39, 0.29) is 24.2 Å². The molecular formula is C28H31FN4O2. The van der Waals surface area contributed by atoms with Gasteiger partial charge in [0.05, 0.1) is 25.3 Å². The zero-order valence-electron chi connectivity index (χ0n) is 19.8. The lowest BCUT2D eigenvalue weighted by Gasteiger charge is -2.30. The van der Waals surface area contributed by atoms with E-state index in [4.69, 9.17) is 4.74 Å². The number of halogens is 1. The first-order valence-electron chi connectivity index (χ1n) is 12.4. The zero-order chi connectivity index (χ0) is 24.4. The SMILES string of the molecule is C=C(c1ccc(-c2ccc(C[C@@H](C#N)NC(=O)C3NC4CCC3C4)c(F)c2)cc1)N1CCOCC1. The largest absolute Gasteiger partial charge is 0.378 e. The molecule has 1 aliphatic carbocycles. The van der Waals surface area contributed by atoms with Gasteiger partial charge < -0.3 is 20.3 Å². The van der Waals surface area contributed by atoms with Gasteiger partial charge in [0.15, 0.2) is 0 Å². The number of hydrogen-bond acceptors (Lipinski definition) is 5. The summed E-state index contributed by atoms with van der Waals surface area (Å²) < 4.78 is 20.4. The predicted octanol–water partition coefficient (Wildman–Crippen LogP) is 3.49. The Kier molecular flexibility index (Phi) is 6.85. The minimum absolute atomic E-state index is 0.132. The number of carbonyl (C=O) groups excluding carboxylic acids is 1. The van der Waals surface area contributed by atoms with E-state index in [9.17, 15) is 14.4 Å². The predicted molar refractivity (Wildman–Crippen MR) is 133 cm³/mol. The van der Waals surface area contributed by atoms with Gasteiger partial charge in [-0.3, -0.25) is 4.79 Å². The molecule has 1 amide bonds. The van der Waals surface area contributed by atoms with E-state index in [1.54, 1.807) is 6.07 Å². The summed E-state index contributed by atoms with van der Waals surface area (Å²) in [5.74, 6) is -0.191. The quantitative estimate of drug-likeness (QED) is 0.643. The smallest absolute Gasteiger partial charge is 0.238 e. The fourth-order valence-electron chi connectivity index (χ4n) is 5.52. The van der Waals surface area contributed by atoms with Gasteiger partial charge >= 0.3 is 0 Å². The van der Waals surface area contributed by atoms with Gasteiger partial charge in [-0.25, -0.2) is 4.39 Å². The topological polar surface area (TPSA) is 77.4 Å². The Labute approximate surface area is 205 Å². The lowest BCUT2D eigenvalue weighted by Crippen LogP contribution is -2.50. The van der Waals surface area contributed by atoms with Crippen LogP contribution in [0.5, 0.6) is 0 Å². The normalized spacial score (nSPS) is 24.1. The zero-order valence-corrected chi connectivity index (χ0v) is 19.8. The molecule has 0 spiro atoms. The maximum atomic E-state index is 15.0. The number of ether oxygens (including phenoxy) is 1. The first-order valence-corrected chi connectivity index (χ1v) is 12.4. The van der Waals surface area contributed by atoms with E-state index in [0.29, 0.717) is 30.7 Å². The number of morpholine rings is 1. The Bertz CT molecular complexity index is 1140. The van der Waals surface area contributed by atoms with Crippen molar-refractivity contribution in [1.29, 1.82) is 5.26 Å². The average molecular weight is 475 g/mol. The highest BCUT2D eigenvalue weighted by Crippen LogP contribution is 2.35. The third-order valence-electron chi connectivity index (χ3n) is 7.54. The van der Waals surface area contributed by atoms with Crippen molar-refractivity contribution in [1.82, 2.24) is 15.5 Å². The number of hydrogen-bond donors (Lipinski definition) is 2. The first kappa shape index (κ1) is 23.5. The number of amides is 1. The summed E-state index contributed by atoms with van der Waals surface area (Å²) in [4.78, 5) is 14.9. The molecule has 2 aromatic carbocycles. The van der Waals surface area contributed by atoms with Gasteiger partial charge in [-0.2, -0.15) is 5.26 Å². The van der Waals surface area contributed by atoms with Crippen molar-refractivity contribution < 1.29 is 13.9 Å². The van der Waals surface area contributed by atoms with Gasteiger partial charge in [0.25, 0.3) is 0 Å². The monoisotopic (exact) mass is 474 g/mol. The Morgan fingerprint density at radius 1 is 1.20 bits per heavy atom. The molecule has 2 heterocycles. The Morgan fingerprint density at radius 2 is 1.94 bits per heavy atom. The van der Waals surface area contributed by atoms with E-state index in [2.05, 4.69) is 28.2 Å². The Balaban J connectivity index is 1.22.